The third-order valence-electron chi connectivity index (χ3n) is 2.01. The zero-order valence-corrected chi connectivity index (χ0v) is 9.69. The van der Waals surface area contributed by atoms with Crippen LogP contribution in [0.25, 0.3) is 0 Å². The summed E-state index contributed by atoms with van der Waals surface area (Å²) >= 11 is 5.03. The first-order valence-corrected chi connectivity index (χ1v) is 5.06. The van der Waals surface area contributed by atoms with E-state index in [1.54, 1.807) is 17.9 Å². The SMILES string of the molecule is COCCNC(=O)Cn1c(C)c[nH]c1=S. The molecule has 6 heteroatoms. The van der Waals surface area contributed by atoms with Crippen LogP contribution in [0.2, 0.25) is 0 Å². The molecule has 1 heterocycles. The fraction of sp³-hybridized carbons (Fsp3) is 0.556. The Morgan fingerprint density at radius 2 is 2.47 bits per heavy atom. The fourth-order valence-corrected chi connectivity index (χ4v) is 1.44. The Morgan fingerprint density at radius 3 is 3.00 bits per heavy atom. The summed E-state index contributed by atoms with van der Waals surface area (Å²) in [5, 5.41) is 2.73. The van der Waals surface area contributed by atoms with E-state index in [9.17, 15) is 4.79 Å². The second kappa shape index (κ2) is 5.67. The number of methoxy groups -OCH3 is 1. The van der Waals surface area contributed by atoms with Gasteiger partial charge in [0, 0.05) is 25.5 Å². The van der Waals surface area contributed by atoms with Crippen molar-refractivity contribution in [2.24, 2.45) is 0 Å². The minimum atomic E-state index is -0.0640. The van der Waals surface area contributed by atoms with Gasteiger partial charge in [0.15, 0.2) is 4.77 Å². The first kappa shape index (κ1) is 11.9. The van der Waals surface area contributed by atoms with Gasteiger partial charge in [-0.05, 0) is 19.1 Å². The lowest BCUT2D eigenvalue weighted by atomic mass is 10.5. The Bertz CT molecular complexity index is 383. The molecule has 0 aliphatic rings. The first-order valence-electron chi connectivity index (χ1n) is 4.65. The highest BCUT2D eigenvalue weighted by atomic mass is 32.1. The lowest BCUT2D eigenvalue weighted by Crippen LogP contribution is -2.30. The van der Waals surface area contributed by atoms with Gasteiger partial charge in [-0.2, -0.15) is 0 Å². The van der Waals surface area contributed by atoms with E-state index in [-0.39, 0.29) is 12.5 Å². The number of carbonyl (C=O) groups is 1. The van der Waals surface area contributed by atoms with Gasteiger partial charge in [0.25, 0.3) is 0 Å². The van der Waals surface area contributed by atoms with Gasteiger partial charge in [-0.3, -0.25) is 4.79 Å². The van der Waals surface area contributed by atoms with Gasteiger partial charge in [-0.25, -0.2) is 0 Å². The molecule has 1 amide bonds. The number of H-pyrrole nitrogens is 1. The Labute approximate surface area is 93.4 Å². The number of aromatic amines is 1. The second-order valence-electron chi connectivity index (χ2n) is 3.16. The fourth-order valence-electron chi connectivity index (χ4n) is 1.17. The lowest BCUT2D eigenvalue weighted by molar-refractivity contribution is -0.121. The third-order valence-corrected chi connectivity index (χ3v) is 2.34. The molecule has 0 saturated heterocycles. The molecule has 1 aromatic heterocycles. The van der Waals surface area contributed by atoms with E-state index in [0.29, 0.717) is 17.9 Å². The lowest BCUT2D eigenvalue weighted by Gasteiger charge is -2.06. The van der Waals surface area contributed by atoms with E-state index in [1.807, 2.05) is 6.92 Å². The van der Waals surface area contributed by atoms with Gasteiger partial charge in [-0.1, -0.05) is 0 Å². The summed E-state index contributed by atoms with van der Waals surface area (Å²) in [4.78, 5) is 14.3. The molecular weight excluding hydrogens is 214 g/mol. The Hall–Kier alpha value is -1.14. The number of amides is 1. The maximum absolute atomic E-state index is 11.4. The van der Waals surface area contributed by atoms with E-state index in [4.69, 9.17) is 17.0 Å². The summed E-state index contributed by atoms with van der Waals surface area (Å²) in [5.74, 6) is -0.0640. The van der Waals surface area contributed by atoms with Crippen LogP contribution in [0, 0.1) is 11.7 Å². The van der Waals surface area contributed by atoms with Crippen molar-refractivity contribution in [2.45, 2.75) is 13.5 Å². The minimum Gasteiger partial charge on any atom is -0.383 e. The zero-order valence-electron chi connectivity index (χ0n) is 8.87. The second-order valence-corrected chi connectivity index (χ2v) is 3.55. The number of ether oxygens (including phenoxy) is 1. The van der Waals surface area contributed by atoms with Crippen LogP contribution in [0.4, 0.5) is 0 Å². The van der Waals surface area contributed by atoms with Crippen LogP contribution in [0.1, 0.15) is 5.69 Å². The van der Waals surface area contributed by atoms with Crippen LogP contribution in [0.3, 0.4) is 0 Å². The molecule has 0 spiro atoms. The van der Waals surface area contributed by atoms with Crippen LogP contribution in [-0.4, -0.2) is 35.7 Å². The average molecular weight is 229 g/mol. The van der Waals surface area contributed by atoms with Crippen molar-refractivity contribution in [3.8, 4) is 0 Å². The Morgan fingerprint density at radius 1 is 1.73 bits per heavy atom. The number of aryl methyl sites for hydroxylation is 1. The molecule has 5 nitrogen and oxygen atoms in total. The largest absolute Gasteiger partial charge is 0.383 e. The summed E-state index contributed by atoms with van der Waals surface area (Å²) < 4.78 is 7.14. The molecule has 2 N–H and O–H groups in total. The van der Waals surface area contributed by atoms with Crippen LogP contribution < -0.4 is 5.32 Å². The highest BCUT2D eigenvalue weighted by Gasteiger charge is 2.05. The highest BCUT2D eigenvalue weighted by Crippen LogP contribution is 1.98. The number of nitrogens with one attached hydrogen (secondary N) is 2. The highest BCUT2D eigenvalue weighted by molar-refractivity contribution is 7.71. The van der Waals surface area contributed by atoms with E-state index < -0.39 is 0 Å². The molecular formula is C9H15N3O2S. The molecule has 84 valence electrons. The number of carbonyl (C=O) groups excluding carboxylic acids is 1. The van der Waals surface area contributed by atoms with E-state index in [0.717, 1.165) is 5.69 Å². The van der Waals surface area contributed by atoms with E-state index in [2.05, 4.69) is 10.3 Å². The molecule has 0 aliphatic carbocycles. The monoisotopic (exact) mass is 229 g/mol. The van der Waals surface area contributed by atoms with Crippen molar-refractivity contribution in [3.05, 3.63) is 16.7 Å². The Kier molecular flexibility index (Phi) is 4.51. The molecule has 1 aromatic rings. The number of hydrogen-bond acceptors (Lipinski definition) is 3. The predicted octanol–water partition coefficient (Wildman–Crippen LogP) is 0.617. The maximum atomic E-state index is 11.4. The molecule has 0 aliphatic heterocycles. The molecule has 1 rings (SSSR count). The molecule has 0 unspecified atom stereocenters. The summed E-state index contributed by atoms with van der Waals surface area (Å²) in [6.45, 7) is 3.18. The van der Waals surface area contributed by atoms with Crippen LogP contribution >= 0.6 is 12.2 Å². The van der Waals surface area contributed by atoms with Crippen molar-refractivity contribution in [2.75, 3.05) is 20.3 Å². The van der Waals surface area contributed by atoms with Crippen molar-refractivity contribution >= 4 is 18.1 Å². The van der Waals surface area contributed by atoms with Crippen molar-refractivity contribution < 1.29 is 9.53 Å². The van der Waals surface area contributed by atoms with Crippen LogP contribution in [0.15, 0.2) is 6.20 Å². The predicted molar refractivity (Wildman–Crippen MR) is 59.2 cm³/mol. The Balaban J connectivity index is 2.48. The number of rotatable bonds is 5. The summed E-state index contributed by atoms with van der Waals surface area (Å²) in [5.41, 5.74) is 0.946. The van der Waals surface area contributed by atoms with Gasteiger partial charge < -0.3 is 19.6 Å². The van der Waals surface area contributed by atoms with Gasteiger partial charge in [0.1, 0.15) is 6.54 Å². The van der Waals surface area contributed by atoms with E-state index in [1.165, 1.54) is 0 Å². The first-order chi connectivity index (χ1) is 7.15. The number of aromatic nitrogens is 2. The smallest absolute Gasteiger partial charge is 0.240 e. The van der Waals surface area contributed by atoms with Gasteiger partial charge in [0.2, 0.25) is 5.91 Å². The van der Waals surface area contributed by atoms with Crippen LogP contribution in [0.5, 0.6) is 0 Å². The zero-order chi connectivity index (χ0) is 11.3. The third kappa shape index (κ3) is 3.49. The van der Waals surface area contributed by atoms with Crippen molar-refractivity contribution in [3.63, 3.8) is 0 Å². The van der Waals surface area contributed by atoms with Crippen molar-refractivity contribution in [1.82, 2.24) is 14.9 Å². The van der Waals surface area contributed by atoms with Crippen molar-refractivity contribution in [1.29, 1.82) is 0 Å². The molecule has 0 fully saturated rings. The van der Waals surface area contributed by atoms with Gasteiger partial charge in [-0.15, -0.1) is 0 Å². The maximum Gasteiger partial charge on any atom is 0.240 e. The van der Waals surface area contributed by atoms with Gasteiger partial charge in [0.05, 0.1) is 6.61 Å². The molecule has 15 heavy (non-hydrogen) atoms. The molecule has 0 bridgehead atoms. The normalized spacial score (nSPS) is 10.3. The number of nitrogens with zero attached hydrogens (tertiary/aromatic N) is 1. The standard InChI is InChI=1S/C9H15N3O2S/c1-7-5-11-9(15)12(7)6-8(13)10-3-4-14-2/h5H,3-4,6H2,1-2H3,(H,10,13)(H,11,15). The topological polar surface area (TPSA) is 59.0 Å². The molecule has 0 radical (unpaired) electrons. The quantitative estimate of drug-likeness (QED) is 0.574. The minimum absolute atomic E-state index is 0.0640. The summed E-state index contributed by atoms with van der Waals surface area (Å²) in [7, 11) is 1.60. The molecule has 0 saturated carbocycles. The van der Waals surface area contributed by atoms with Gasteiger partial charge >= 0.3 is 0 Å². The number of imidazole rings is 1. The van der Waals surface area contributed by atoms with Crippen LogP contribution in [-0.2, 0) is 16.1 Å². The summed E-state index contributed by atoms with van der Waals surface area (Å²) in [6.07, 6.45) is 1.78. The average Bonchev–Trinajstić information content (AvgIpc) is 2.50. The number of hydrogen-bond donors (Lipinski definition) is 2. The molecule has 0 atom stereocenters. The summed E-state index contributed by atoms with van der Waals surface area (Å²) in [6, 6.07) is 0. The van der Waals surface area contributed by atoms with E-state index >= 15 is 0 Å². The molecule has 0 aromatic carbocycles.